The predicted octanol–water partition coefficient (Wildman–Crippen LogP) is 2.01. The maximum atomic E-state index is 12.5. The normalized spacial score (nSPS) is 18.7. The number of carbonyl (C=O) groups is 1. The third kappa shape index (κ3) is 4.63. The summed E-state index contributed by atoms with van der Waals surface area (Å²) in [5.41, 5.74) is 0.969. The van der Waals surface area contributed by atoms with Crippen molar-refractivity contribution in [3.63, 3.8) is 0 Å². The molecule has 2 fully saturated rings. The monoisotopic (exact) mass is 348 g/mol. The fourth-order valence-electron chi connectivity index (χ4n) is 2.99. The quantitative estimate of drug-likeness (QED) is 0.669. The fraction of sp³-hybridized carbons (Fsp3) is 0.556. The first-order valence-electron chi connectivity index (χ1n) is 8.63. The molecule has 1 saturated heterocycles. The van der Waals surface area contributed by atoms with Crippen molar-refractivity contribution in [2.24, 2.45) is 10.9 Å². The van der Waals surface area contributed by atoms with Gasteiger partial charge in [0.25, 0.3) is 0 Å². The minimum atomic E-state index is 0.165. The van der Waals surface area contributed by atoms with Gasteiger partial charge in [-0.05, 0) is 36.5 Å². The van der Waals surface area contributed by atoms with Gasteiger partial charge < -0.3 is 15.1 Å². The van der Waals surface area contributed by atoms with Crippen LogP contribution in [0.1, 0.15) is 18.4 Å². The number of hydrogen-bond donors (Lipinski definition) is 1. The molecule has 1 amide bonds. The largest absolute Gasteiger partial charge is 0.356 e. The Labute approximate surface area is 148 Å². The highest BCUT2D eigenvalue weighted by atomic mass is 35.5. The van der Waals surface area contributed by atoms with Crippen LogP contribution in [0, 0.1) is 5.92 Å². The molecule has 1 aliphatic heterocycles. The van der Waals surface area contributed by atoms with Gasteiger partial charge in [0.2, 0.25) is 5.91 Å². The first kappa shape index (κ1) is 17.1. The third-order valence-corrected chi connectivity index (χ3v) is 4.87. The van der Waals surface area contributed by atoms with Gasteiger partial charge in [-0.1, -0.05) is 23.7 Å². The van der Waals surface area contributed by atoms with E-state index in [-0.39, 0.29) is 5.91 Å². The molecule has 130 valence electrons. The van der Waals surface area contributed by atoms with E-state index in [1.807, 2.05) is 36.2 Å². The number of amides is 1. The molecule has 2 aliphatic rings. The number of guanidine groups is 1. The van der Waals surface area contributed by atoms with Crippen LogP contribution < -0.4 is 5.32 Å². The Morgan fingerprint density at radius 2 is 1.96 bits per heavy atom. The van der Waals surface area contributed by atoms with Crippen LogP contribution in [0.4, 0.5) is 0 Å². The maximum absolute atomic E-state index is 12.5. The lowest BCUT2D eigenvalue weighted by molar-refractivity contribution is -0.131. The zero-order valence-electron chi connectivity index (χ0n) is 14.2. The molecule has 1 aromatic rings. The Hall–Kier alpha value is -1.75. The highest BCUT2D eigenvalue weighted by Crippen LogP contribution is 2.27. The second-order valence-corrected chi connectivity index (χ2v) is 6.98. The molecule has 1 N–H and O–H groups in total. The van der Waals surface area contributed by atoms with E-state index in [1.165, 1.54) is 12.8 Å². The van der Waals surface area contributed by atoms with E-state index in [4.69, 9.17) is 11.6 Å². The van der Waals surface area contributed by atoms with Gasteiger partial charge in [0.15, 0.2) is 5.96 Å². The molecule has 0 unspecified atom stereocenters. The topological polar surface area (TPSA) is 47.9 Å². The van der Waals surface area contributed by atoms with Gasteiger partial charge in [-0.15, -0.1) is 0 Å². The number of nitrogens with zero attached hydrogens (tertiary/aromatic N) is 3. The second-order valence-electron chi connectivity index (χ2n) is 6.55. The lowest BCUT2D eigenvalue weighted by Gasteiger charge is -2.36. The molecule has 1 heterocycles. The third-order valence-electron chi connectivity index (χ3n) is 4.63. The van der Waals surface area contributed by atoms with Crippen LogP contribution in [0.25, 0.3) is 0 Å². The Morgan fingerprint density at radius 3 is 2.58 bits per heavy atom. The zero-order chi connectivity index (χ0) is 16.9. The highest BCUT2D eigenvalue weighted by Gasteiger charge is 2.25. The van der Waals surface area contributed by atoms with E-state index in [0.717, 1.165) is 50.2 Å². The number of nitrogens with one attached hydrogen (secondary N) is 1. The summed E-state index contributed by atoms with van der Waals surface area (Å²) >= 11 is 5.99. The number of aliphatic imine (C=N–C) groups is 1. The van der Waals surface area contributed by atoms with Crippen molar-refractivity contribution >= 4 is 23.5 Å². The summed E-state index contributed by atoms with van der Waals surface area (Å²) in [5, 5.41) is 4.13. The molecule has 0 spiro atoms. The van der Waals surface area contributed by atoms with Gasteiger partial charge in [0.1, 0.15) is 0 Å². The Morgan fingerprint density at radius 1 is 1.25 bits per heavy atom. The van der Waals surface area contributed by atoms with E-state index >= 15 is 0 Å². The van der Waals surface area contributed by atoms with E-state index in [0.29, 0.717) is 11.4 Å². The SMILES string of the molecule is CN=C(NCC1CC1)N1CCN(C(=O)Cc2cccc(Cl)c2)CC1. The van der Waals surface area contributed by atoms with E-state index in [1.54, 1.807) is 0 Å². The lowest BCUT2D eigenvalue weighted by atomic mass is 10.1. The first-order valence-corrected chi connectivity index (χ1v) is 9.01. The minimum Gasteiger partial charge on any atom is -0.356 e. The summed E-state index contributed by atoms with van der Waals surface area (Å²) in [6.07, 6.45) is 3.07. The standard InChI is InChI=1S/C18H25ClN4O/c1-20-18(21-13-14-5-6-14)23-9-7-22(8-10-23)17(24)12-15-3-2-4-16(19)11-15/h2-4,11,14H,5-10,12-13H2,1H3,(H,20,21). The average molecular weight is 349 g/mol. The van der Waals surface area contributed by atoms with E-state index in [2.05, 4.69) is 15.2 Å². The van der Waals surface area contributed by atoms with Crippen LogP contribution in [-0.2, 0) is 11.2 Å². The van der Waals surface area contributed by atoms with Crippen LogP contribution >= 0.6 is 11.6 Å². The van der Waals surface area contributed by atoms with Gasteiger partial charge in [-0.2, -0.15) is 0 Å². The lowest BCUT2D eigenvalue weighted by Crippen LogP contribution is -2.54. The van der Waals surface area contributed by atoms with Crippen LogP contribution in [0.15, 0.2) is 29.3 Å². The summed E-state index contributed by atoms with van der Waals surface area (Å²) < 4.78 is 0. The second kappa shape index (κ2) is 7.88. The molecule has 3 rings (SSSR count). The summed E-state index contributed by atoms with van der Waals surface area (Å²) in [5.74, 6) is 1.95. The van der Waals surface area contributed by atoms with Crippen LogP contribution in [0.5, 0.6) is 0 Å². The number of carbonyl (C=O) groups excluding carboxylic acids is 1. The smallest absolute Gasteiger partial charge is 0.227 e. The van der Waals surface area contributed by atoms with Crippen molar-refractivity contribution < 1.29 is 4.79 Å². The van der Waals surface area contributed by atoms with E-state index < -0.39 is 0 Å². The molecule has 0 aromatic heterocycles. The van der Waals surface area contributed by atoms with Gasteiger partial charge in [0.05, 0.1) is 6.42 Å². The molecule has 1 saturated carbocycles. The summed E-state index contributed by atoms with van der Waals surface area (Å²) in [6, 6.07) is 7.52. The molecular formula is C18H25ClN4O. The fourth-order valence-corrected chi connectivity index (χ4v) is 3.20. The summed E-state index contributed by atoms with van der Waals surface area (Å²) in [6.45, 7) is 4.14. The molecule has 0 radical (unpaired) electrons. The molecule has 1 aromatic carbocycles. The number of rotatable bonds is 4. The van der Waals surface area contributed by atoms with E-state index in [9.17, 15) is 4.79 Å². The Balaban J connectivity index is 1.47. The van der Waals surface area contributed by atoms with Crippen molar-refractivity contribution in [2.45, 2.75) is 19.3 Å². The predicted molar refractivity (Wildman–Crippen MR) is 97.4 cm³/mol. The number of halogens is 1. The molecular weight excluding hydrogens is 324 g/mol. The maximum Gasteiger partial charge on any atom is 0.227 e. The van der Waals surface area contributed by atoms with Gasteiger partial charge in [0, 0.05) is 44.8 Å². The van der Waals surface area contributed by atoms with Gasteiger partial charge in [-0.25, -0.2) is 0 Å². The molecule has 5 nitrogen and oxygen atoms in total. The van der Waals surface area contributed by atoms with Crippen LogP contribution in [0.3, 0.4) is 0 Å². The van der Waals surface area contributed by atoms with Crippen molar-refractivity contribution in [2.75, 3.05) is 39.8 Å². The minimum absolute atomic E-state index is 0.165. The van der Waals surface area contributed by atoms with Gasteiger partial charge in [-0.3, -0.25) is 9.79 Å². The van der Waals surface area contributed by atoms with Crippen LogP contribution in [-0.4, -0.2) is 61.4 Å². The average Bonchev–Trinajstić information content (AvgIpc) is 3.40. The van der Waals surface area contributed by atoms with Crippen molar-refractivity contribution in [1.82, 2.24) is 15.1 Å². The highest BCUT2D eigenvalue weighted by molar-refractivity contribution is 6.30. The molecule has 24 heavy (non-hydrogen) atoms. The Bertz CT molecular complexity index is 607. The van der Waals surface area contributed by atoms with Crippen molar-refractivity contribution in [3.05, 3.63) is 34.9 Å². The number of piperazine rings is 1. The van der Waals surface area contributed by atoms with Crippen LogP contribution in [0.2, 0.25) is 5.02 Å². The molecule has 0 bridgehead atoms. The molecule has 1 aliphatic carbocycles. The number of hydrogen-bond acceptors (Lipinski definition) is 2. The molecule has 0 atom stereocenters. The number of benzene rings is 1. The Kier molecular flexibility index (Phi) is 5.61. The van der Waals surface area contributed by atoms with Gasteiger partial charge >= 0.3 is 0 Å². The summed E-state index contributed by atoms with van der Waals surface area (Å²) in [4.78, 5) is 21.0. The van der Waals surface area contributed by atoms with Crippen molar-refractivity contribution in [3.8, 4) is 0 Å². The molecule has 6 heteroatoms. The zero-order valence-corrected chi connectivity index (χ0v) is 14.9. The summed E-state index contributed by atoms with van der Waals surface area (Å²) in [7, 11) is 1.83. The van der Waals surface area contributed by atoms with Crippen molar-refractivity contribution in [1.29, 1.82) is 0 Å². The first-order chi connectivity index (χ1) is 11.7.